The summed E-state index contributed by atoms with van der Waals surface area (Å²) in [5.74, 6) is -0.0909. The van der Waals surface area contributed by atoms with Crippen LogP contribution in [0.15, 0.2) is 17.0 Å². The number of benzene rings is 1. The third-order valence-corrected chi connectivity index (χ3v) is 7.20. The van der Waals surface area contributed by atoms with Crippen molar-refractivity contribution < 1.29 is 17.9 Å². The predicted molar refractivity (Wildman–Crippen MR) is 95.0 cm³/mol. The molecule has 0 spiro atoms. The third-order valence-electron chi connectivity index (χ3n) is 4.98. The highest BCUT2D eigenvalue weighted by Gasteiger charge is 2.42. The summed E-state index contributed by atoms with van der Waals surface area (Å²) < 4.78 is 33.3. The lowest BCUT2D eigenvalue weighted by molar-refractivity contribution is -0.138. The average Bonchev–Trinajstić information content (AvgIpc) is 3.04. The Labute approximate surface area is 149 Å². The number of ether oxygens (including phenoxy) is 1. The van der Waals surface area contributed by atoms with Gasteiger partial charge in [0.2, 0.25) is 15.9 Å². The van der Waals surface area contributed by atoms with E-state index < -0.39 is 16.1 Å². The Morgan fingerprint density at radius 1 is 1.08 bits per heavy atom. The first-order valence-corrected chi connectivity index (χ1v) is 10.2. The van der Waals surface area contributed by atoms with Crippen LogP contribution in [0.5, 0.6) is 0 Å². The zero-order chi connectivity index (χ0) is 18.2. The van der Waals surface area contributed by atoms with Crippen LogP contribution in [0.2, 0.25) is 0 Å². The fraction of sp³-hybridized carbons (Fsp3) is 0.611. The first-order valence-electron chi connectivity index (χ1n) is 8.78. The number of aryl methyl sites for hydroxylation is 3. The van der Waals surface area contributed by atoms with Crippen LogP contribution in [0.1, 0.15) is 29.5 Å². The Bertz CT molecular complexity index is 746. The number of amides is 1. The largest absolute Gasteiger partial charge is 0.378 e. The maximum Gasteiger partial charge on any atom is 0.244 e. The van der Waals surface area contributed by atoms with Gasteiger partial charge < -0.3 is 9.64 Å². The van der Waals surface area contributed by atoms with E-state index in [0.29, 0.717) is 50.6 Å². The number of hydrogen-bond donors (Lipinski definition) is 0. The van der Waals surface area contributed by atoms with Gasteiger partial charge in [0.1, 0.15) is 6.04 Å². The molecular weight excluding hydrogens is 340 g/mol. The molecule has 2 aliphatic rings. The predicted octanol–water partition coefficient (Wildman–Crippen LogP) is 1.62. The van der Waals surface area contributed by atoms with E-state index in [4.69, 9.17) is 4.74 Å². The van der Waals surface area contributed by atoms with Crippen LogP contribution >= 0.6 is 0 Å². The van der Waals surface area contributed by atoms with Crippen LogP contribution in [-0.2, 0) is 19.6 Å². The Morgan fingerprint density at radius 2 is 1.68 bits per heavy atom. The first kappa shape index (κ1) is 18.4. The van der Waals surface area contributed by atoms with Gasteiger partial charge in [0.15, 0.2) is 0 Å². The Kier molecular flexibility index (Phi) is 5.18. The molecule has 7 heteroatoms. The van der Waals surface area contributed by atoms with Crippen molar-refractivity contribution >= 4 is 15.9 Å². The Balaban J connectivity index is 1.92. The molecule has 1 atom stereocenters. The van der Waals surface area contributed by atoms with Gasteiger partial charge in [0, 0.05) is 19.6 Å². The Morgan fingerprint density at radius 3 is 2.28 bits per heavy atom. The van der Waals surface area contributed by atoms with Gasteiger partial charge in [-0.1, -0.05) is 17.7 Å². The quantitative estimate of drug-likeness (QED) is 0.815. The highest BCUT2D eigenvalue weighted by Crippen LogP contribution is 2.31. The normalized spacial score (nSPS) is 22.4. The topological polar surface area (TPSA) is 66.9 Å². The molecule has 2 saturated heterocycles. The van der Waals surface area contributed by atoms with Crippen LogP contribution < -0.4 is 0 Å². The summed E-state index contributed by atoms with van der Waals surface area (Å²) in [5.41, 5.74) is 2.51. The van der Waals surface area contributed by atoms with Gasteiger partial charge in [-0.2, -0.15) is 4.31 Å². The molecule has 0 aromatic heterocycles. The SMILES string of the molecule is Cc1cc(C)c(S(=O)(=O)N2CCC[C@H]2C(=O)N2CCOCC2)c(C)c1. The minimum absolute atomic E-state index is 0.0909. The molecule has 0 aliphatic carbocycles. The summed E-state index contributed by atoms with van der Waals surface area (Å²) in [6, 6.07) is 3.17. The van der Waals surface area contributed by atoms with Gasteiger partial charge in [-0.3, -0.25) is 4.79 Å². The maximum atomic E-state index is 13.3. The van der Waals surface area contributed by atoms with Gasteiger partial charge in [0.05, 0.1) is 18.1 Å². The fourth-order valence-electron chi connectivity index (χ4n) is 3.96. The van der Waals surface area contributed by atoms with Crippen molar-refractivity contribution in [1.82, 2.24) is 9.21 Å². The molecule has 0 saturated carbocycles. The van der Waals surface area contributed by atoms with Crippen LogP contribution in [0.4, 0.5) is 0 Å². The summed E-state index contributed by atoms with van der Waals surface area (Å²) in [7, 11) is -3.70. The Hall–Kier alpha value is -1.44. The minimum Gasteiger partial charge on any atom is -0.378 e. The molecule has 6 nitrogen and oxygen atoms in total. The number of carbonyl (C=O) groups is 1. The average molecular weight is 366 g/mol. The zero-order valence-electron chi connectivity index (χ0n) is 15.1. The molecule has 25 heavy (non-hydrogen) atoms. The van der Waals surface area contributed by atoms with Crippen LogP contribution in [-0.4, -0.2) is 62.4 Å². The zero-order valence-corrected chi connectivity index (χ0v) is 15.9. The summed E-state index contributed by atoms with van der Waals surface area (Å²) in [4.78, 5) is 15.0. The lowest BCUT2D eigenvalue weighted by Gasteiger charge is -2.32. The van der Waals surface area contributed by atoms with Gasteiger partial charge in [-0.15, -0.1) is 0 Å². The number of morpholine rings is 1. The van der Waals surface area contributed by atoms with Crippen LogP contribution in [0, 0.1) is 20.8 Å². The molecule has 0 bridgehead atoms. The van der Waals surface area contributed by atoms with E-state index >= 15 is 0 Å². The monoisotopic (exact) mass is 366 g/mol. The molecule has 1 aromatic rings. The summed E-state index contributed by atoms with van der Waals surface area (Å²) in [6.07, 6.45) is 1.29. The van der Waals surface area contributed by atoms with E-state index in [1.54, 1.807) is 4.90 Å². The highest BCUT2D eigenvalue weighted by molar-refractivity contribution is 7.89. The molecule has 1 amide bonds. The number of nitrogens with zero attached hydrogens (tertiary/aromatic N) is 2. The number of rotatable bonds is 3. The molecule has 2 fully saturated rings. The second-order valence-corrected chi connectivity index (χ2v) is 8.77. The summed E-state index contributed by atoms with van der Waals surface area (Å²) >= 11 is 0. The van der Waals surface area contributed by atoms with Crippen molar-refractivity contribution in [3.05, 3.63) is 28.8 Å². The standard InChI is InChI=1S/C18H26N2O4S/c1-13-11-14(2)17(15(3)12-13)25(22,23)20-6-4-5-16(20)18(21)19-7-9-24-10-8-19/h11-12,16H,4-10H2,1-3H3/t16-/m0/s1. The van der Waals surface area contributed by atoms with Gasteiger partial charge in [-0.05, 0) is 44.7 Å². The van der Waals surface area contributed by atoms with E-state index in [9.17, 15) is 13.2 Å². The fourth-order valence-corrected chi connectivity index (χ4v) is 6.03. The molecule has 1 aromatic carbocycles. The number of sulfonamides is 1. The van der Waals surface area contributed by atoms with Crippen molar-refractivity contribution in [3.8, 4) is 0 Å². The van der Waals surface area contributed by atoms with Crippen molar-refractivity contribution in [2.24, 2.45) is 0 Å². The molecular formula is C18H26N2O4S. The molecule has 0 radical (unpaired) electrons. The van der Waals surface area contributed by atoms with Crippen molar-refractivity contribution in [3.63, 3.8) is 0 Å². The van der Waals surface area contributed by atoms with E-state index in [1.165, 1.54) is 4.31 Å². The molecule has 0 unspecified atom stereocenters. The second-order valence-electron chi connectivity index (χ2n) is 6.94. The minimum atomic E-state index is -3.70. The number of hydrogen-bond acceptors (Lipinski definition) is 4. The smallest absolute Gasteiger partial charge is 0.244 e. The lowest BCUT2D eigenvalue weighted by Crippen LogP contribution is -2.51. The summed E-state index contributed by atoms with van der Waals surface area (Å²) in [6.45, 7) is 8.09. The molecule has 3 rings (SSSR count). The van der Waals surface area contributed by atoms with Gasteiger partial charge in [-0.25, -0.2) is 8.42 Å². The van der Waals surface area contributed by atoms with E-state index in [-0.39, 0.29) is 5.91 Å². The van der Waals surface area contributed by atoms with E-state index in [1.807, 2.05) is 32.9 Å². The van der Waals surface area contributed by atoms with Crippen LogP contribution in [0.3, 0.4) is 0 Å². The molecule has 0 N–H and O–H groups in total. The third kappa shape index (κ3) is 3.45. The van der Waals surface area contributed by atoms with Crippen molar-refractivity contribution in [2.45, 2.75) is 44.6 Å². The summed E-state index contributed by atoms with van der Waals surface area (Å²) in [5, 5.41) is 0. The van der Waals surface area contributed by atoms with E-state index in [2.05, 4.69) is 0 Å². The van der Waals surface area contributed by atoms with E-state index in [0.717, 1.165) is 16.7 Å². The molecule has 2 heterocycles. The van der Waals surface area contributed by atoms with Crippen molar-refractivity contribution in [1.29, 1.82) is 0 Å². The highest BCUT2D eigenvalue weighted by atomic mass is 32.2. The molecule has 2 aliphatic heterocycles. The van der Waals surface area contributed by atoms with Gasteiger partial charge >= 0.3 is 0 Å². The maximum absolute atomic E-state index is 13.3. The molecule has 138 valence electrons. The van der Waals surface area contributed by atoms with Crippen LogP contribution in [0.25, 0.3) is 0 Å². The first-order chi connectivity index (χ1) is 11.8. The van der Waals surface area contributed by atoms with Crippen molar-refractivity contribution in [2.75, 3.05) is 32.8 Å². The number of carbonyl (C=O) groups excluding carboxylic acids is 1. The second kappa shape index (κ2) is 7.05. The van der Waals surface area contributed by atoms with Gasteiger partial charge in [0.25, 0.3) is 0 Å². The lowest BCUT2D eigenvalue weighted by atomic mass is 10.1.